The molecule has 1 aliphatic heterocycles. The third-order valence-corrected chi connectivity index (χ3v) is 4.65. The normalized spacial score (nSPS) is 16.0. The molecule has 1 aromatic carbocycles. The second kappa shape index (κ2) is 8.99. The summed E-state index contributed by atoms with van der Waals surface area (Å²) in [5.41, 5.74) is 1.57. The van der Waals surface area contributed by atoms with Crippen LogP contribution in [0.3, 0.4) is 0 Å². The molecule has 2 N–H and O–H groups in total. The highest BCUT2D eigenvalue weighted by Crippen LogP contribution is 2.27. The van der Waals surface area contributed by atoms with Crippen LogP contribution in [0.1, 0.15) is 24.0 Å². The summed E-state index contributed by atoms with van der Waals surface area (Å²) in [7, 11) is 1.68. The average molecular weight is 365 g/mol. The summed E-state index contributed by atoms with van der Waals surface area (Å²) in [4.78, 5) is 13.0. The Morgan fingerprint density at radius 2 is 2.00 bits per heavy atom. The minimum Gasteiger partial charge on any atom is -0.380 e. The number of aromatic nitrogens is 2. The number of hydrogen-bond acceptors (Lipinski definition) is 4. The van der Waals surface area contributed by atoms with Crippen LogP contribution >= 0.6 is 12.4 Å². The van der Waals surface area contributed by atoms with Gasteiger partial charge in [-0.15, -0.1) is 12.4 Å². The van der Waals surface area contributed by atoms with E-state index < -0.39 is 5.54 Å². The molecule has 0 saturated carbocycles. The Kier molecular flexibility index (Phi) is 6.99. The molecule has 0 radical (unpaired) electrons. The van der Waals surface area contributed by atoms with Crippen molar-refractivity contribution >= 4 is 18.3 Å². The minimum absolute atomic E-state index is 0. The van der Waals surface area contributed by atoms with Crippen molar-refractivity contribution in [2.45, 2.75) is 31.5 Å². The fraction of sp³-hybridized carbons (Fsp3) is 0.444. The largest absolute Gasteiger partial charge is 0.380 e. The van der Waals surface area contributed by atoms with Crippen LogP contribution in [0.25, 0.3) is 0 Å². The predicted molar refractivity (Wildman–Crippen MR) is 98.6 cm³/mol. The molecule has 2 aromatic rings. The summed E-state index contributed by atoms with van der Waals surface area (Å²) in [5, 5.41) is 10.8. The van der Waals surface area contributed by atoms with Crippen LogP contribution in [0.2, 0.25) is 0 Å². The van der Waals surface area contributed by atoms with Crippen molar-refractivity contribution in [2.24, 2.45) is 0 Å². The molecule has 7 heteroatoms. The quantitative estimate of drug-likeness (QED) is 0.820. The highest BCUT2D eigenvalue weighted by molar-refractivity contribution is 5.85. The maximum absolute atomic E-state index is 13.0. The van der Waals surface area contributed by atoms with E-state index in [1.54, 1.807) is 13.3 Å². The first-order chi connectivity index (χ1) is 11.8. The first-order valence-electron chi connectivity index (χ1n) is 8.31. The summed E-state index contributed by atoms with van der Waals surface area (Å²) in [6.07, 6.45) is 5.08. The van der Waals surface area contributed by atoms with E-state index in [1.807, 2.05) is 41.2 Å². The molecule has 1 aliphatic rings. The summed E-state index contributed by atoms with van der Waals surface area (Å²) in [6.45, 7) is 2.66. The summed E-state index contributed by atoms with van der Waals surface area (Å²) in [5.74, 6) is 0.0277. The van der Waals surface area contributed by atoms with Crippen LogP contribution < -0.4 is 10.6 Å². The van der Waals surface area contributed by atoms with E-state index in [-0.39, 0.29) is 18.3 Å². The fourth-order valence-electron chi connectivity index (χ4n) is 3.29. The van der Waals surface area contributed by atoms with E-state index in [2.05, 4.69) is 15.7 Å². The van der Waals surface area contributed by atoms with E-state index in [0.717, 1.165) is 37.1 Å². The van der Waals surface area contributed by atoms with Gasteiger partial charge in [0.25, 0.3) is 0 Å². The molecular formula is C18H25ClN4O2. The first kappa shape index (κ1) is 19.4. The van der Waals surface area contributed by atoms with Gasteiger partial charge in [-0.3, -0.25) is 9.48 Å². The van der Waals surface area contributed by atoms with Crippen LogP contribution in [-0.2, 0) is 28.2 Å². The van der Waals surface area contributed by atoms with Gasteiger partial charge in [0.05, 0.1) is 6.61 Å². The molecule has 0 atom stereocenters. The van der Waals surface area contributed by atoms with Gasteiger partial charge < -0.3 is 15.4 Å². The number of methoxy groups -OCH3 is 1. The standard InChI is InChI=1S/C18H24N4O2.ClH/c1-24-14-16-6-3-2-5-15(16)13-20-17(23)18(7-10-19-11-8-18)22-12-4-9-21-22;/h2-6,9,12,19H,7-8,10-11,13-14H2,1H3,(H,20,23);1H. The van der Waals surface area contributed by atoms with Crippen LogP contribution in [0, 0.1) is 0 Å². The van der Waals surface area contributed by atoms with Crippen LogP contribution in [-0.4, -0.2) is 35.9 Å². The topological polar surface area (TPSA) is 68.2 Å². The lowest BCUT2D eigenvalue weighted by Gasteiger charge is -2.36. The number of ether oxygens (including phenoxy) is 1. The zero-order chi connectivity index (χ0) is 16.8. The predicted octanol–water partition coefficient (Wildman–Crippen LogP) is 1.85. The summed E-state index contributed by atoms with van der Waals surface area (Å²) < 4.78 is 7.05. The number of nitrogens with one attached hydrogen (secondary N) is 2. The number of hydrogen-bond donors (Lipinski definition) is 2. The van der Waals surface area contributed by atoms with Crippen LogP contribution in [0.5, 0.6) is 0 Å². The maximum Gasteiger partial charge on any atom is 0.248 e. The van der Waals surface area contributed by atoms with E-state index >= 15 is 0 Å². The van der Waals surface area contributed by atoms with Crippen LogP contribution in [0.4, 0.5) is 0 Å². The molecule has 3 rings (SSSR count). The Morgan fingerprint density at radius 1 is 1.28 bits per heavy atom. The van der Waals surface area contributed by atoms with Crippen molar-refractivity contribution in [3.8, 4) is 0 Å². The van der Waals surface area contributed by atoms with E-state index in [1.165, 1.54) is 0 Å². The van der Waals surface area contributed by atoms with E-state index in [0.29, 0.717) is 13.2 Å². The zero-order valence-electron chi connectivity index (χ0n) is 14.4. The summed E-state index contributed by atoms with van der Waals surface area (Å²) >= 11 is 0. The Morgan fingerprint density at radius 3 is 2.64 bits per heavy atom. The fourth-order valence-corrected chi connectivity index (χ4v) is 3.29. The third-order valence-electron chi connectivity index (χ3n) is 4.65. The van der Waals surface area contributed by atoms with Gasteiger partial charge in [0.1, 0.15) is 5.54 Å². The molecule has 0 aliphatic carbocycles. The molecule has 1 fully saturated rings. The molecule has 136 valence electrons. The highest BCUT2D eigenvalue weighted by Gasteiger charge is 2.41. The smallest absolute Gasteiger partial charge is 0.248 e. The Bertz CT molecular complexity index is 669. The molecule has 2 heterocycles. The van der Waals surface area contributed by atoms with Crippen molar-refractivity contribution in [2.75, 3.05) is 20.2 Å². The number of piperidine rings is 1. The number of nitrogens with zero attached hydrogens (tertiary/aromatic N) is 2. The molecule has 6 nitrogen and oxygen atoms in total. The Balaban J connectivity index is 0.00000225. The van der Waals surface area contributed by atoms with Crippen LogP contribution in [0.15, 0.2) is 42.7 Å². The molecule has 1 aromatic heterocycles. The lowest BCUT2D eigenvalue weighted by atomic mass is 9.87. The number of amides is 1. The van der Waals surface area contributed by atoms with Gasteiger partial charge >= 0.3 is 0 Å². The summed E-state index contributed by atoms with van der Waals surface area (Å²) in [6, 6.07) is 9.88. The molecule has 1 amide bonds. The van der Waals surface area contributed by atoms with Gasteiger partial charge in [-0.2, -0.15) is 5.10 Å². The molecule has 25 heavy (non-hydrogen) atoms. The SMILES string of the molecule is COCc1ccccc1CNC(=O)C1(n2cccn2)CCNCC1.Cl. The molecule has 0 spiro atoms. The average Bonchev–Trinajstić information content (AvgIpc) is 3.17. The van der Waals surface area contributed by atoms with E-state index in [9.17, 15) is 4.79 Å². The van der Waals surface area contributed by atoms with Crippen molar-refractivity contribution in [1.29, 1.82) is 0 Å². The lowest BCUT2D eigenvalue weighted by molar-refractivity contribution is -0.132. The minimum atomic E-state index is -0.606. The van der Waals surface area contributed by atoms with Gasteiger partial charge in [0.2, 0.25) is 5.91 Å². The van der Waals surface area contributed by atoms with Gasteiger partial charge in [0, 0.05) is 26.0 Å². The number of carbonyl (C=O) groups is 1. The van der Waals surface area contributed by atoms with Gasteiger partial charge in [0.15, 0.2) is 0 Å². The zero-order valence-corrected chi connectivity index (χ0v) is 15.2. The van der Waals surface area contributed by atoms with Crippen molar-refractivity contribution < 1.29 is 9.53 Å². The molecule has 0 unspecified atom stereocenters. The number of benzene rings is 1. The Hall–Kier alpha value is -1.89. The number of rotatable bonds is 6. The monoisotopic (exact) mass is 364 g/mol. The molecule has 0 bridgehead atoms. The second-order valence-corrected chi connectivity index (χ2v) is 6.12. The lowest BCUT2D eigenvalue weighted by Crippen LogP contribution is -2.54. The maximum atomic E-state index is 13.0. The Labute approximate surface area is 154 Å². The van der Waals surface area contributed by atoms with Gasteiger partial charge in [-0.1, -0.05) is 24.3 Å². The number of carbonyl (C=O) groups excluding carboxylic acids is 1. The van der Waals surface area contributed by atoms with Crippen molar-refractivity contribution in [1.82, 2.24) is 20.4 Å². The third kappa shape index (κ3) is 4.21. The van der Waals surface area contributed by atoms with Crippen molar-refractivity contribution in [3.63, 3.8) is 0 Å². The highest BCUT2D eigenvalue weighted by atomic mass is 35.5. The van der Waals surface area contributed by atoms with Crippen molar-refractivity contribution in [3.05, 3.63) is 53.9 Å². The van der Waals surface area contributed by atoms with E-state index in [4.69, 9.17) is 4.74 Å². The van der Waals surface area contributed by atoms with Gasteiger partial charge in [-0.05, 0) is 43.1 Å². The number of halogens is 1. The first-order valence-corrected chi connectivity index (χ1v) is 8.31. The second-order valence-electron chi connectivity index (χ2n) is 6.12. The molecular weight excluding hydrogens is 340 g/mol. The van der Waals surface area contributed by atoms with Gasteiger partial charge in [-0.25, -0.2) is 0 Å². The molecule has 1 saturated heterocycles.